The van der Waals surface area contributed by atoms with Gasteiger partial charge in [-0.3, -0.25) is 4.98 Å². The second-order valence-electron chi connectivity index (χ2n) is 3.84. The monoisotopic (exact) mass is 197 g/mol. The van der Waals surface area contributed by atoms with E-state index in [9.17, 15) is 0 Å². The van der Waals surface area contributed by atoms with Crippen molar-refractivity contribution in [2.24, 2.45) is 0 Å². The molecule has 0 fully saturated rings. The molecule has 1 aromatic carbocycles. The van der Waals surface area contributed by atoms with Crippen LogP contribution in [-0.2, 0) is 0 Å². The van der Waals surface area contributed by atoms with Crippen LogP contribution in [0.1, 0.15) is 29.8 Å². The Morgan fingerprint density at radius 3 is 2.33 bits per heavy atom. The first-order valence-electron chi connectivity index (χ1n) is 5.26. The molecule has 2 rings (SSSR count). The van der Waals surface area contributed by atoms with Gasteiger partial charge >= 0.3 is 0 Å². The average Bonchev–Trinajstić information content (AvgIpc) is 2.29. The van der Waals surface area contributed by atoms with Crippen LogP contribution in [0.3, 0.4) is 0 Å². The third-order valence-electron chi connectivity index (χ3n) is 2.65. The zero-order valence-corrected chi connectivity index (χ0v) is 9.14. The van der Waals surface area contributed by atoms with Crippen LogP contribution in [0.5, 0.6) is 0 Å². The Morgan fingerprint density at radius 2 is 1.67 bits per heavy atom. The van der Waals surface area contributed by atoms with Crippen molar-refractivity contribution < 1.29 is 0 Å². The molecule has 1 nitrogen and oxygen atoms in total. The highest BCUT2D eigenvalue weighted by atomic mass is 14.7. The summed E-state index contributed by atoms with van der Waals surface area (Å²) in [5, 5.41) is 0. The lowest BCUT2D eigenvalue weighted by molar-refractivity contribution is 0.862. The third kappa shape index (κ3) is 2.24. The predicted octanol–water partition coefficient (Wildman–Crippen LogP) is 3.54. The van der Waals surface area contributed by atoms with E-state index in [1.807, 2.05) is 19.1 Å². The smallest absolute Gasteiger partial charge is 0.0478 e. The molecule has 0 aliphatic rings. The van der Waals surface area contributed by atoms with Gasteiger partial charge in [0, 0.05) is 17.3 Å². The zero-order valence-electron chi connectivity index (χ0n) is 9.14. The molecule has 0 aliphatic heterocycles. The molecule has 0 saturated heterocycles. The highest BCUT2D eigenvalue weighted by Crippen LogP contribution is 2.21. The lowest BCUT2D eigenvalue weighted by Crippen LogP contribution is -1.99. The van der Waals surface area contributed by atoms with Crippen LogP contribution >= 0.6 is 0 Å². The predicted molar refractivity (Wildman–Crippen MR) is 62.9 cm³/mol. The summed E-state index contributed by atoms with van der Waals surface area (Å²) in [5.41, 5.74) is 3.53. The maximum Gasteiger partial charge on any atom is 0.0478 e. The van der Waals surface area contributed by atoms with E-state index in [0.717, 1.165) is 11.4 Å². The maximum atomic E-state index is 4.55. The van der Waals surface area contributed by atoms with Crippen LogP contribution in [0, 0.1) is 6.92 Å². The van der Waals surface area contributed by atoms with E-state index in [4.69, 9.17) is 0 Å². The first kappa shape index (κ1) is 9.91. The summed E-state index contributed by atoms with van der Waals surface area (Å²) in [6.07, 6.45) is 0. The third-order valence-corrected chi connectivity index (χ3v) is 2.65. The molecule has 15 heavy (non-hydrogen) atoms. The second kappa shape index (κ2) is 4.26. The standard InChI is InChI=1S/C14H15N/c1-11-7-6-10-14(15-11)12(2)13-8-4-3-5-9-13/h3-10,12H,1-2H3. The van der Waals surface area contributed by atoms with Gasteiger partial charge in [0.25, 0.3) is 0 Å². The van der Waals surface area contributed by atoms with Crippen molar-refractivity contribution in [2.75, 3.05) is 0 Å². The van der Waals surface area contributed by atoms with Gasteiger partial charge in [-0.1, -0.05) is 43.3 Å². The number of pyridine rings is 1. The summed E-state index contributed by atoms with van der Waals surface area (Å²) >= 11 is 0. The van der Waals surface area contributed by atoms with Gasteiger partial charge in [0.2, 0.25) is 0 Å². The molecule has 1 unspecified atom stereocenters. The number of aryl methyl sites for hydroxylation is 1. The zero-order chi connectivity index (χ0) is 10.7. The minimum absolute atomic E-state index is 0.367. The first-order valence-corrected chi connectivity index (χ1v) is 5.26. The van der Waals surface area contributed by atoms with E-state index in [0.29, 0.717) is 5.92 Å². The highest BCUT2D eigenvalue weighted by molar-refractivity contribution is 5.27. The molecular weight excluding hydrogens is 182 g/mol. The molecule has 76 valence electrons. The van der Waals surface area contributed by atoms with Crippen molar-refractivity contribution in [3.8, 4) is 0 Å². The topological polar surface area (TPSA) is 12.9 Å². The van der Waals surface area contributed by atoms with E-state index in [1.165, 1.54) is 5.56 Å². The molecule has 2 aromatic rings. The van der Waals surface area contributed by atoms with Gasteiger partial charge in [0.15, 0.2) is 0 Å². The molecule has 0 saturated carbocycles. The van der Waals surface area contributed by atoms with Gasteiger partial charge < -0.3 is 0 Å². The van der Waals surface area contributed by atoms with Gasteiger partial charge in [-0.2, -0.15) is 0 Å². The van der Waals surface area contributed by atoms with Crippen LogP contribution in [0.25, 0.3) is 0 Å². The first-order chi connectivity index (χ1) is 7.27. The summed E-state index contributed by atoms with van der Waals surface area (Å²) in [7, 11) is 0. The number of aromatic nitrogens is 1. The van der Waals surface area contributed by atoms with Crippen molar-refractivity contribution >= 4 is 0 Å². The number of nitrogens with zero attached hydrogens (tertiary/aromatic N) is 1. The van der Waals surface area contributed by atoms with Gasteiger partial charge in [-0.25, -0.2) is 0 Å². The Morgan fingerprint density at radius 1 is 0.933 bits per heavy atom. The number of rotatable bonds is 2. The fourth-order valence-electron chi connectivity index (χ4n) is 1.72. The molecular formula is C14H15N. The molecule has 0 N–H and O–H groups in total. The molecule has 0 spiro atoms. The fraction of sp³-hybridized carbons (Fsp3) is 0.214. The minimum Gasteiger partial charge on any atom is -0.258 e. The van der Waals surface area contributed by atoms with Crippen LogP contribution in [0.4, 0.5) is 0 Å². The minimum atomic E-state index is 0.367. The quantitative estimate of drug-likeness (QED) is 0.717. The summed E-state index contributed by atoms with van der Waals surface area (Å²) in [4.78, 5) is 4.55. The molecule has 1 atom stereocenters. The Balaban J connectivity index is 2.32. The van der Waals surface area contributed by atoms with E-state index >= 15 is 0 Å². The number of benzene rings is 1. The van der Waals surface area contributed by atoms with Gasteiger partial charge in [0.1, 0.15) is 0 Å². The Bertz CT molecular complexity index is 434. The number of hydrogen-bond acceptors (Lipinski definition) is 1. The van der Waals surface area contributed by atoms with E-state index in [2.05, 4.69) is 48.3 Å². The Hall–Kier alpha value is -1.63. The Labute approximate surface area is 90.8 Å². The van der Waals surface area contributed by atoms with Crippen molar-refractivity contribution in [2.45, 2.75) is 19.8 Å². The molecule has 1 heterocycles. The SMILES string of the molecule is Cc1cccc(C(C)c2ccccc2)n1. The van der Waals surface area contributed by atoms with Crippen LogP contribution in [-0.4, -0.2) is 4.98 Å². The normalized spacial score (nSPS) is 12.4. The molecule has 1 heteroatoms. The van der Waals surface area contributed by atoms with Crippen molar-refractivity contribution in [1.29, 1.82) is 0 Å². The van der Waals surface area contributed by atoms with E-state index in [-0.39, 0.29) is 0 Å². The molecule has 0 amide bonds. The van der Waals surface area contributed by atoms with Crippen LogP contribution in [0.2, 0.25) is 0 Å². The summed E-state index contributed by atoms with van der Waals surface area (Å²) in [5.74, 6) is 0.367. The van der Waals surface area contributed by atoms with Crippen LogP contribution in [0.15, 0.2) is 48.5 Å². The van der Waals surface area contributed by atoms with E-state index in [1.54, 1.807) is 0 Å². The lowest BCUT2D eigenvalue weighted by Gasteiger charge is -2.11. The average molecular weight is 197 g/mol. The van der Waals surface area contributed by atoms with Crippen LogP contribution < -0.4 is 0 Å². The van der Waals surface area contributed by atoms with E-state index < -0.39 is 0 Å². The molecule has 1 aromatic heterocycles. The number of hydrogen-bond donors (Lipinski definition) is 0. The van der Waals surface area contributed by atoms with Gasteiger partial charge in [-0.05, 0) is 24.6 Å². The molecule has 0 aliphatic carbocycles. The molecule has 0 bridgehead atoms. The fourth-order valence-corrected chi connectivity index (χ4v) is 1.72. The summed E-state index contributed by atoms with van der Waals surface area (Å²) < 4.78 is 0. The van der Waals surface area contributed by atoms with Gasteiger partial charge in [-0.15, -0.1) is 0 Å². The van der Waals surface area contributed by atoms with Crippen molar-refractivity contribution in [1.82, 2.24) is 4.98 Å². The summed E-state index contributed by atoms with van der Waals surface area (Å²) in [6.45, 7) is 4.22. The molecule has 0 radical (unpaired) electrons. The maximum absolute atomic E-state index is 4.55. The van der Waals surface area contributed by atoms with Crippen molar-refractivity contribution in [3.05, 3.63) is 65.5 Å². The summed E-state index contributed by atoms with van der Waals surface area (Å²) in [6, 6.07) is 16.7. The second-order valence-corrected chi connectivity index (χ2v) is 3.84. The Kier molecular flexibility index (Phi) is 2.82. The largest absolute Gasteiger partial charge is 0.258 e. The van der Waals surface area contributed by atoms with Gasteiger partial charge in [0.05, 0.1) is 0 Å². The van der Waals surface area contributed by atoms with Crippen molar-refractivity contribution in [3.63, 3.8) is 0 Å². The highest BCUT2D eigenvalue weighted by Gasteiger charge is 2.08. The lowest BCUT2D eigenvalue weighted by atomic mass is 9.97.